The van der Waals surface area contributed by atoms with Crippen molar-refractivity contribution >= 4 is 43.8 Å². The number of nitrogens with zero attached hydrogens (tertiary/aromatic N) is 3. The van der Waals surface area contributed by atoms with Crippen molar-refractivity contribution in [3.63, 3.8) is 0 Å². The number of esters is 1. The highest BCUT2D eigenvalue weighted by molar-refractivity contribution is 7.16. The predicted octanol–water partition coefficient (Wildman–Crippen LogP) is 4.12. The van der Waals surface area contributed by atoms with E-state index in [-0.39, 0.29) is 12.2 Å². The Morgan fingerprint density at radius 2 is 1.69 bits per heavy atom. The van der Waals surface area contributed by atoms with E-state index in [4.69, 9.17) is 4.74 Å². The Morgan fingerprint density at radius 3 is 2.38 bits per heavy atom. The molecule has 5 aromatic rings. The molecule has 6 nitrogen and oxygen atoms in total. The van der Waals surface area contributed by atoms with Gasteiger partial charge in [0.05, 0.1) is 5.56 Å². The van der Waals surface area contributed by atoms with Gasteiger partial charge in [-0.1, -0.05) is 59.9 Å². The van der Waals surface area contributed by atoms with Gasteiger partial charge in [-0.3, -0.25) is 4.79 Å². The van der Waals surface area contributed by atoms with Crippen LogP contribution in [0.15, 0.2) is 65.5 Å². The molecule has 0 radical (unpaired) electrons. The molecule has 0 unspecified atom stereocenters. The van der Waals surface area contributed by atoms with Crippen LogP contribution in [0.1, 0.15) is 21.1 Å². The molecule has 0 atom stereocenters. The number of rotatable bonds is 3. The number of fused-ring (bicyclic) bond motifs is 3. The molecule has 0 fully saturated rings. The Kier molecular flexibility index (Phi) is 4.10. The van der Waals surface area contributed by atoms with Crippen LogP contribution in [0.4, 0.5) is 0 Å². The summed E-state index contributed by atoms with van der Waals surface area (Å²) >= 11 is 1.23. The molecule has 0 spiro atoms. The summed E-state index contributed by atoms with van der Waals surface area (Å²) in [5.41, 5.74) is 0.914. The number of aryl methyl sites for hydroxylation is 1. The molecule has 29 heavy (non-hydrogen) atoms. The maximum absolute atomic E-state index is 13.1. The highest BCUT2D eigenvalue weighted by Crippen LogP contribution is 2.29. The molecule has 0 bridgehead atoms. The van der Waals surface area contributed by atoms with E-state index in [9.17, 15) is 9.59 Å². The molecule has 0 saturated carbocycles. The summed E-state index contributed by atoms with van der Waals surface area (Å²) < 4.78 is 6.83. The van der Waals surface area contributed by atoms with Gasteiger partial charge in [-0.2, -0.15) is 9.61 Å². The standard InChI is InChI=1S/C22H15N3O3S/c1-13-10-19(26)25-22(23-13)29-18(24-25)12-28-21(27)20-16-8-4-2-6-14(16)11-15-7-3-5-9-17(15)20/h2-11H,12H2,1H3. The zero-order valence-electron chi connectivity index (χ0n) is 15.5. The van der Waals surface area contributed by atoms with Gasteiger partial charge in [0.2, 0.25) is 4.96 Å². The minimum atomic E-state index is -0.422. The Morgan fingerprint density at radius 1 is 1.03 bits per heavy atom. The van der Waals surface area contributed by atoms with Crippen molar-refractivity contribution in [1.29, 1.82) is 0 Å². The number of aromatic nitrogens is 3. The van der Waals surface area contributed by atoms with Crippen molar-refractivity contribution in [1.82, 2.24) is 14.6 Å². The van der Waals surface area contributed by atoms with Crippen LogP contribution in [0.5, 0.6) is 0 Å². The van der Waals surface area contributed by atoms with Crippen LogP contribution in [0.25, 0.3) is 26.5 Å². The van der Waals surface area contributed by atoms with E-state index in [0.717, 1.165) is 21.5 Å². The highest BCUT2D eigenvalue weighted by Gasteiger charge is 2.17. The molecule has 0 aliphatic carbocycles. The van der Waals surface area contributed by atoms with Crippen LogP contribution in [0.3, 0.4) is 0 Å². The third-order valence-electron chi connectivity index (χ3n) is 4.72. The fraction of sp³-hybridized carbons (Fsp3) is 0.0909. The summed E-state index contributed by atoms with van der Waals surface area (Å²) in [7, 11) is 0. The van der Waals surface area contributed by atoms with Crippen molar-refractivity contribution in [2.75, 3.05) is 0 Å². The van der Waals surface area contributed by atoms with Crippen molar-refractivity contribution in [2.24, 2.45) is 0 Å². The van der Waals surface area contributed by atoms with E-state index in [1.165, 1.54) is 21.9 Å². The summed E-state index contributed by atoms with van der Waals surface area (Å²) in [6.07, 6.45) is 0. The summed E-state index contributed by atoms with van der Waals surface area (Å²) in [5.74, 6) is -0.422. The highest BCUT2D eigenvalue weighted by atomic mass is 32.1. The lowest BCUT2D eigenvalue weighted by molar-refractivity contribution is 0.0476. The Hall–Kier alpha value is -3.58. The molecular formula is C22H15N3O3S. The number of carbonyl (C=O) groups is 1. The van der Waals surface area contributed by atoms with Crippen molar-refractivity contribution < 1.29 is 9.53 Å². The second-order valence-electron chi connectivity index (χ2n) is 6.70. The van der Waals surface area contributed by atoms with Gasteiger partial charge in [0.1, 0.15) is 6.61 Å². The van der Waals surface area contributed by atoms with Crippen LogP contribution >= 0.6 is 11.3 Å². The molecule has 0 aliphatic heterocycles. The van der Waals surface area contributed by atoms with Crippen LogP contribution in [0, 0.1) is 6.92 Å². The van der Waals surface area contributed by atoms with E-state index < -0.39 is 5.97 Å². The molecule has 142 valence electrons. The third-order valence-corrected chi connectivity index (χ3v) is 5.60. The van der Waals surface area contributed by atoms with Gasteiger partial charge in [0.15, 0.2) is 5.01 Å². The predicted molar refractivity (Wildman–Crippen MR) is 112 cm³/mol. The third kappa shape index (κ3) is 3.05. The first-order valence-corrected chi connectivity index (χ1v) is 9.86. The van der Waals surface area contributed by atoms with Gasteiger partial charge in [-0.25, -0.2) is 9.78 Å². The van der Waals surface area contributed by atoms with Gasteiger partial charge in [0.25, 0.3) is 5.56 Å². The second-order valence-corrected chi connectivity index (χ2v) is 7.74. The lowest BCUT2D eigenvalue weighted by Crippen LogP contribution is -2.14. The lowest BCUT2D eigenvalue weighted by atomic mass is 9.97. The van der Waals surface area contributed by atoms with Crippen LogP contribution in [-0.2, 0) is 11.3 Å². The largest absolute Gasteiger partial charge is 0.455 e. The van der Waals surface area contributed by atoms with Crippen molar-refractivity contribution in [3.8, 4) is 0 Å². The first-order chi connectivity index (χ1) is 14.1. The van der Waals surface area contributed by atoms with Crippen LogP contribution in [-0.4, -0.2) is 20.6 Å². The zero-order chi connectivity index (χ0) is 20.0. The topological polar surface area (TPSA) is 73.6 Å². The number of hydrogen-bond acceptors (Lipinski definition) is 6. The number of benzene rings is 3. The first kappa shape index (κ1) is 17.5. The van der Waals surface area contributed by atoms with E-state index in [2.05, 4.69) is 16.1 Å². The fourth-order valence-corrected chi connectivity index (χ4v) is 4.31. The molecule has 0 saturated heterocycles. The SMILES string of the molecule is Cc1cc(=O)n2nc(COC(=O)c3c4ccccc4cc4ccccc34)sc2n1. The van der Waals surface area contributed by atoms with Crippen molar-refractivity contribution in [2.45, 2.75) is 13.5 Å². The molecule has 5 rings (SSSR count). The van der Waals surface area contributed by atoms with Gasteiger partial charge >= 0.3 is 5.97 Å². The number of carbonyl (C=O) groups excluding carboxylic acids is 1. The normalized spacial score (nSPS) is 11.3. The van der Waals surface area contributed by atoms with Gasteiger partial charge in [-0.05, 0) is 34.5 Å². The smallest absolute Gasteiger partial charge is 0.339 e. The van der Waals surface area contributed by atoms with Crippen LogP contribution in [0.2, 0.25) is 0 Å². The maximum Gasteiger partial charge on any atom is 0.339 e. The Labute approximate surface area is 169 Å². The zero-order valence-corrected chi connectivity index (χ0v) is 16.3. The first-order valence-electron chi connectivity index (χ1n) is 9.04. The summed E-state index contributed by atoms with van der Waals surface area (Å²) in [6, 6.07) is 19.0. The minimum Gasteiger partial charge on any atom is -0.455 e. The fourth-order valence-electron chi connectivity index (χ4n) is 3.45. The summed E-state index contributed by atoms with van der Waals surface area (Å²) in [5, 5.41) is 8.37. The molecule has 3 aromatic carbocycles. The Balaban J connectivity index is 1.53. The van der Waals surface area contributed by atoms with Crippen LogP contribution < -0.4 is 5.56 Å². The monoisotopic (exact) mass is 401 g/mol. The van der Waals surface area contributed by atoms with E-state index in [0.29, 0.717) is 21.2 Å². The molecule has 2 heterocycles. The average Bonchev–Trinajstić information content (AvgIpc) is 3.13. The molecule has 7 heteroatoms. The molecule has 0 aliphatic rings. The molecule has 0 N–H and O–H groups in total. The van der Waals surface area contributed by atoms with E-state index in [1.54, 1.807) is 6.92 Å². The molecule has 0 amide bonds. The van der Waals surface area contributed by atoms with E-state index in [1.807, 2.05) is 48.5 Å². The molecular weight excluding hydrogens is 386 g/mol. The average molecular weight is 401 g/mol. The number of ether oxygens (including phenoxy) is 1. The lowest BCUT2D eigenvalue weighted by Gasteiger charge is -2.10. The summed E-state index contributed by atoms with van der Waals surface area (Å²) in [4.78, 5) is 29.9. The van der Waals surface area contributed by atoms with E-state index >= 15 is 0 Å². The van der Waals surface area contributed by atoms with Gasteiger partial charge < -0.3 is 4.74 Å². The quantitative estimate of drug-likeness (QED) is 0.336. The van der Waals surface area contributed by atoms with Gasteiger partial charge in [0, 0.05) is 11.8 Å². The van der Waals surface area contributed by atoms with Gasteiger partial charge in [-0.15, -0.1) is 0 Å². The second kappa shape index (κ2) is 6.79. The molecule has 2 aromatic heterocycles. The Bertz CT molecular complexity index is 1420. The maximum atomic E-state index is 13.1. The summed E-state index contributed by atoms with van der Waals surface area (Å²) in [6.45, 7) is 1.73. The number of hydrogen-bond donors (Lipinski definition) is 0. The van der Waals surface area contributed by atoms with Crippen molar-refractivity contribution in [3.05, 3.63) is 87.3 Å². The minimum absolute atomic E-state index is 0.0249.